The van der Waals surface area contributed by atoms with Gasteiger partial charge in [-0.15, -0.1) is 6.58 Å². The van der Waals surface area contributed by atoms with Crippen LogP contribution >= 0.6 is 15.9 Å². The van der Waals surface area contributed by atoms with Crippen LogP contribution in [0.25, 0.3) is 0 Å². The van der Waals surface area contributed by atoms with Gasteiger partial charge in [0.15, 0.2) is 8.32 Å². The molecule has 0 aliphatic carbocycles. The zero-order valence-corrected chi connectivity index (χ0v) is 20.7. The van der Waals surface area contributed by atoms with Crippen molar-refractivity contribution in [2.75, 3.05) is 6.61 Å². The Kier molecular flexibility index (Phi) is 13.1. The van der Waals surface area contributed by atoms with Gasteiger partial charge in [-0.05, 0) is 54.6 Å². The Bertz CT molecular complexity index is 663. The van der Waals surface area contributed by atoms with Gasteiger partial charge in [0.1, 0.15) is 0 Å². The minimum Gasteiger partial charge on any atom is -0.411 e. The van der Waals surface area contributed by atoms with Crippen molar-refractivity contribution in [1.82, 2.24) is 0 Å². The van der Waals surface area contributed by atoms with Crippen molar-refractivity contribution < 1.29 is 14.0 Å². The molecule has 0 amide bonds. The first-order valence-corrected chi connectivity index (χ1v) is 13.9. The lowest BCUT2D eigenvalue weighted by Gasteiger charge is -2.32. The number of hydrogen-bond donors (Lipinski definition) is 0. The highest BCUT2D eigenvalue weighted by Gasteiger charge is 2.31. The van der Waals surface area contributed by atoms with Crippen LogP contribution in [0.3, 0.4) is 0 Å². The van der Waals surface area contributed by atoms with Crippen molar-refractivity contribution in [1.29, 1.82) is 0 Å². The van der Waals surface area contributed by atoms with E-state index in [0.29, 0.717) is 26.1 Å². The minimum absolute atomic E-state index is 0.00800. The lowest BCUT2D eigenvalue weighted by atomic mass is 10.1. The number of unbranched alkanes of at least 4 members (excludes halogenated alkanes) is 1. The summed E-state index contributed by atoms with van der Waals surface area (Å²) >= 11 is 3.45. The molecule has 0 N–H and O–H groups in total. The number of ether oxygens (including phenoxy) is 1. The van der Waals surface area contributed by atoms with Crippen LogP contribution in [0.5, 0.6) is 0 Å². The molecule has 0 aliphatic rings. The van der Waals surface area contributed by atoms with E-state index >= 15 is 0 Å². The first-order chi connectivity index (χ1) is 14.0. The van der Waals surface area contributed by atoms with Crippen LogP contribution in [-0.4, -0.2) is 26.8 Å². The average Bonchev–Trinajstić information content (AvgIpc) is 2.73. The molecule has 0 aromatic heterocycles. The van der Waals surface area contributed by atoms with E-state index < -0.39 is 8.32 Å². The largest absolute Gasteiger partial charge is 0.411 e. The fourth-order valence-electron chi connectivity index (χ4n) is 3.11. The van der Waals surface area contributed by atoms with Crippen LogP contribution in [-0.2, 0) is 20.6 Å². The van der Waals surface area contributed by atoms with E-state index in [1.807, 2.05) is 30.3 Å². The highest BCUT2D eigenvalue weighted by molar-refractivity contribution is 9.10. The predicted molar refractivity (Wildman–Crippen MR) is 127 cm³/mol. The molecule has 1 aromatic carbocycles. The fraction of sp³-hybridized carbons (Fsp3) is 0.542. The third-order valence-electron chi connectivity index (χ3n) is 5.21. The number of carbonyl (C=O) groups excluding carboxylic acids is 1. The highest BCUT2D eigenvalue weighted by Crippen LogP contribution is 2.24. The van der Waals surface area contributed by atoms with Crippen molar-refractivity contribution in [3.63, 3.8) is 0 Å². The first-order valence-electron chi connectivity index (χ1n) is 10.6. The third kappa shape index (κ3) is 10.4. The lowest BCUT2D eigenvalue weighted by molar-refractivity contribution is -0.113. The summed E-state index contributed by atoms with van der Waals surface area (Å²) in [5, 5.41) is 0. The lowest BCUT2D eigenvalue weighted by Crippen LogP contribution is -2.41. The minimum atomic E-state index is -1.77. The molecule has 0 aliphatic heterocycles. The van der Waals surface area contributed by atoms with Gasteiger partial charge in [0.25, 0.3) is 0 Å². The zero-order valence-electron chi connectivity index (χ0n) is 18.1. The molecule has 0 heterocycles. The summed E-state index contributed by atoms with van der Waals surface area (Å²) in [4.78, 5) is 11.9. The maximum absolute atomic E-state index is 11.9. The Morgan fingerprint density at radius 3 is 2.45 bits per heavy atom. The highest BCUT2D eigenvalue weighted by atomic mass is 79.9. The quantitative estimate of drug-likeness (QED) is 0.0982. The van der Waals surface area contributed by atoms with Crippen molar-refractivity contribution in [3.05, 3.63) is 47.0 Å². The summed E-state index contributed by atoms with van der Waals surface area (Å²) in [6, 6.07) is 11.4. The topological polar surface area (TPSA) is 35.5 Å². The predicted octanol–water partition coefficient (Wildman–Crippen LogP) is 6.68. The van der Waals surface area contributed by atoms with Gasteiger partial charge in [-0.3, -0.25) is 4.79 Å². The van der Waals surface area contributed by atoms with Gasteiger partial charge >= 0.3 is 0 Å². The molecule has 3 nitrogen and oxygen atoms in total. The van der Waals surface area contributed by atoms with Crippen LogP contribution in [0.2, 0.25) is 18.1 Å². The summed E-state index contributed by atoms with van der Waals surface area (Å²) in [7, 11) is -1.77. The van der Waals surface area contributed by atoms with Crippen LogP contribution in [0.15, 0.2) is 41.4 Å². The van der Waals surface area contributed by atoms with Crippen molar-refractivity contribution in [3.8, 4) is 11.8 Å². The van der Waals surface area contributed by atoms with Crippen LogP contribution < -0.4 is 0 Å². The maximum Gasteiger partial charge on any atom is 0.205 e. The van der Waals surface area contributed by atoms with Gasteiger partial charge in [0.2, 0.25) is 5.78 Å². The van der Waals surface area contributed by atoms with Gasteiger partial charge in [0, 0.05) is 17.3 Å². The Morgan fingerprint density at radius 1 is 1.21 bits per heavy atom. The van der Waals surface area contributed by atoms with E-state index in [2.05, 4.69) is 55.1 Å². The molecule has 0 spiro atoms. The Hall–Kier alpha value is -1.19. The van der Waals surface area contributed by atoms with E-state index in [0.717, 1.165) is 41.0 Å². The van der Waals surface area contributed by atoms with Gasteiger partial charge in [-0.2, -0.15) is 0 Å². The number of Topliss-reactive ketones (excluding diaryl/α,β-unsaturated/α-hetero) is 1. The number of benzene rings is 1. The molecule has 5 heteroatoms. The second-order valence-corrected chi connectivity index (χ2v) is 12.9. The molecule has 0 unspecified atom stereocenters. The van der Waals surface area contributed by atoms with Gasteiger partial charge < -0.3 is 9.16 Å². The molecule has 0 radical (unpaired) electrons. The Labute approximate surface area is 186 Å². The molecule has 0 saturated heterocycles. The van der Waals surface area contributed by atoms with Crippen LogP contribution in [0, 0.1) is 11.8 Å². The molecule has 29 heavy (non-hydrogen) atoms. The van der Waals surface area contributed by atoms with Crippen LogP contribution in [0.1, 0.15) is 52.0 Å². The molecule has 0 saturated carbocycles. The average molecular weight is 480 g/mol. The third-order valence-corrected chi connectivity index (χ3v) is 10.4. The van der Waals surface area contributed by atoms with E-state index in [-0.39, 0.29) is 11.9 Å². The van der Waals surface area contributed by atoms with Crippen molar-refractivity contribution in [2.24, 2.45) is 0 Å². The number of halogens is 1. The van der Waals surface area contributed by atoms with Gasteiger partial charge in [-0.25, -0.2) is 0 Å². The van der Waals surface area contributed by atoms with E-state index in [1.54, 1.807) is 0 Å². The summed E-state index contributed by atoms with van der Waals surface area (Å²) < 4.78 is 13.6. The maximum atomic E-state index is 11.9. The molecule has 1 atom stereocenters. The smallest absolute Gasteiger partial charge is 0.205 e. The first kappa shape index (κ1) is 25.8. The molecule has 160 valence electrons. The standard InChI is InChI=1S/C24H35BrO3Si/c1-5-9-10-12-23(26)13-11-14-24(28-29(6-2,7-3)8-4)20-27-19-21-15-17-22(25)18-16-21/h5,15-18,24H,1,6-10,12,14,19-20H2,2-4H3/t24-/m0/s1. The Balaban J connectivity index is 2.68. The fourth-order valence-corrected chi connectivity index (χ4v) is 6.23. The molecule has 0 bridgehead atoms. The molecule has 1 rings (SSSR count). The number of allylic oxidation sites excluding steroid dienone is 1. The van der Waals surface area contributed by atoms with E-state index in [9.17, 15) is 4.79 Å². The van der Waals surface area contributed by atoms with Crippen molar-refractivity contribution in [2.45, 2.75) is 77.3 Å². The monoisotopic (exact) mass is 478 g/mol. The second-order valence-electron chi connectivity index (χ2n) is 7.24. The molecular weight excluding hydrogens is 444 g/mol. The summed E-state index contributed by atoms with van der Waals surface area (Å²) in [6.07, 6.45) is 4.42. The molecule has 0 fully saturated rings. The SMILES string of the molecule is C=CCCCC(=O)C#CC[C@@H](COCc1ccc(Br)cc1)O[Si](CC)(CC)CC. The molecule has 1 aromatic rings. The normalized spacial score (nSPS) is 12.1. The summed E-state index contributed by atoms with van der Waals surface area (Å²) in [5.41, 5.74) is 1.13. The summed E-state index contributed by atoms with van der Waals surface area (Å²) in [5.74, 6) is 5.82. The van der Waals surface area contributed by atoms with Crippen molar-refractivity contribution >= 4 is 30.0 Å². The number of carbonyl (C=O) groups is 1. The van der Waals surface area contributed by atoms with Gasteiger partial charge in [0.05, 0.1) is 19.3 Å². The Morgan fingerprint density at radius 2 is 1.86 bits per heavy atom. The summed E-state index contributed by atoms with van der Waals surface area (Å²) in [6.45, 7) is 11.4. The van der Waals surface area contributed by atoms with Crippen LogP contribution in [0.4, 0.5) is 0 Å². The number of ketones is 1. The molecular formula is C24H35BrO3Si. The number of hydrogen-bond acceptors (Lipinski definition) is 3. The zero-order chi connectivity index (χ0) is 21.5. The van der Waals surface area contributed by atoms with E-state index in [1.165, 1.54) is 0 Å². The second kappa shape index (κ2) is 14.7. The van der Waals surface area contributed by atoms with E-state index in [4.69, 9.17) is 9.16 Å². The van der Waals surface area contributed by atoms with Gasteiger partial charge in [-0.1, -0.05) is 60.8 Å². The number of rotatable bonds is 14.